The lowest BCUT2D eigenvalue weighted by Crippen LogP contribution is -2.44. The van der Waals surface area contributed by atoms with Crippen LogP contribution in [-0.2, 0) is 11.2 Å². The van der Waals surface area contributed by atoms with Gasteiger partial charge in [0, 0.05) is 0 Å². The van der Waals surface area contributed by atoms with Gasteiger partial charge in [-0.1, -0.05) is 44.2 Å². The molecule has 1 unspecified atom stereocenters. The van der Waals surface area contributed by atoms with E-state index < -0.39 is 0 Å². The smallest absolute Gasteiger partial charge is 0.234 e. The molecule has 0 heterocycles. The number of primary amides is 1. The molecule has 0 aromatic heterocycles. The Morgan fingerprint density at radius 1 is 1.22 bits per heavy atom. The van der Waals surface area contributed by atoms with E-state index in [-0.39, 0.29) is 11.9 Å². The molecule has 0 fully saturated rings. The zero-order valence-electron chi connectivity index (χ0n) is 11.4. The molecule has 0 aliphatic rings. The summed E-state index contributed by atoms with van der Waals surface area (Å²) in [4.78, 5) is 13.6. The van der Waals surface area contributed by atoms with Gasteiger partial charge in [0.05, 0.1) is 6.04 Å². The molecule has 1 aromatic rings. The number of nitrogens with zero attached hydrogens (tertiary/aromatic N) is 1. The number of hydrogen-bond acceptors (Lipinski definition) is 2. The van der Waals surface area contributed by atoms with E-state index in [0.29, 0.717) is 0 Å². The van der Waals surface area contributed by atoms with Crippen LogP contribution in [0.3, 0.4) is 0 Å². The number of likely N-dealkylation sites (N-methyl/N-ethyl adjacent to an activating group) is 1. The number of benzene rings is 1. The quantitative estimate of drug-likeness (QED) is 0.766. The summed E-state index contributed by atoms with van der Waals surface area (Å²) < 4.78 is 0. The molecule has 18 heavy (non-hydrogen) atoms. The van der Waals surface area contributed by atoms with Crippen LogP contribution in [0.1, 0.15) is 32.3 Å². The molecule has 1 aromatic carbocycles. The maximum absolute atomic E-state index is 11.5. The number of carbonyl (C=O) groups is 1. The molecule has 1 atom stereocenters. The van der Waals surface area contributed by atoms with Crippen molar-refractivity contribution in [1.82, 2.24) is 4.90 Å². The molecule has 100 valence electrons. The van der Waals surface area contributed by atoms with Crippen molar-refractivity contribution in [3.63, 3.8) is 0 Å². The summed E-state index contributed by atoms with van der Waals surface area (Å²) in [5, 5.41) is 0. The average Bonchev–Trinajstić information content (AvgIpc) is 2.39. The van der Waals surface area contributed by atoms with Gasteiger partial charge >= 0.3 is 0 Å². The van der Waals surface area contributed by atoms with Crippen LogP contribution in [0.5, 0.6) is 0 Å². The minimum absolute atomic E-state index is 0.122. The van der Waals surface area contributed by atoms with Gasteiger partial charge < -0.3 is 5.73 Å². The topological polar surface area (TPSA) is 46.3 Å². The summed E-state index contributed by atoms with van der Waals surface area (Å²) in [5.41, 5.74) is 6.81. The molecule has 3 heteroatoms. The fraction of sp³-hybridized carbons (Fsp3) is 0.533. The van der Waals surface area contributed by atoms with Gasteiger partial charge in [-0.25, -0.2) is 0 Å². The molecule has 0 radical (unpaired) electrons. The summed E-state index contributed by atoms with van der Waals surface area (Å²) in [7, 11) is 0. The van der Waals surface area contributed by atoms with Crippen LogP contribution in [-0.4, -0.2) is 29.9 Å². The van der Waals surface area contributed by atoms with E-state index in [1.807, 2.05) is 18.2 Å². The standard InChI is InChI=1S/C15H24N2O/c1-3-17(4-2)14(15(16)18)12-8-11-13-9-6-5-7-10-13/h5-7,9-10,14H,3-4,8,11-12H2,1-2H3,(H2,16,18). The molecule has 0 bridgehead atoms. The molecule has 3 nitrogen and oxygen atoms in total. The highest BCUT2D eigenvalue weighted by Gasteiger charge is 2.20. The number of aryl methyl sites for hydroxylation is 1. The SMILES string of the molecule is CCN(CC)C(CCCc1ccccc1)C(N)=O. The lowest BCUT2D eigenvalue weighted by Gasteiger charge is -2.26. The molecule has 0 aliphatic heterocycles. The van der Waals surface area contributed by atoms with Gasteiger partial charge in [-0.05, 0) is 37.9 Å². The average molecular weight is 248 g/mol. The molecule has 0 aliphatic carbocycles. The zero-order chi connectivity index (χ0) is 13.4. The summed E-state index contributed by atoms with van der Waals surface area (Å²) in [6.45, 7) is 5.87. The molecular weight excluding hydrogens is 224 g/mol. The van der Waals surface area contributed by atoms with E-state index >= 15 is 0 Å². The zero-order valence-corrected chi connectivity index (χ0v) is 11.4. The van der Waals surface area contributed by atoms with Crippen molar-refractivity contribution in [2.24, 2.45) is 5.73 Å². The predicted octanol–water partition coefficient (Wildman–Crippen LogP) is 2.21. The monoisotopic (exact) mass is 248 g/mol. The van der Waals surface area contributed by atoms with Gasteiger partial charge in [0.15, 0.2) is 0 Å². The molecular formula is C15H24N2O. The molecule has 0 saturated heterocycles. The Labute approximate surface area is 110 Å². The summed E-state index contributed by atoms with van der Waals surface area (Å²) >= 11 is 0. The number of nitrogens with two attached hydrogens (primary N) is 1. The van der Waals surface area contributed by atoms with E-state index in [9.17, 15) is 4.79 Å². The predicted molar refractivity (Wildman–Crippen MR) is 75.3 cm³/mol. The van der Waals surface area contributed by atoms with Crippen molar-refractivity contribution in [2.45, 2.75) is 39.2 Å². The summed E-state index contributed by atoms with van der Waals surface area (Å²) in [6.07, 6.45) is 2.84. The Morgan fingerprint density at radius 2 is 1.83 bits per heavy atom. The third-order valence-corrected chi connectivity index (χ3v) is 3.37. The fourth-order valence-corrected chi connectivity index (χ4v) is 2.31. The largest absolute Gasteiger partial charge is 0.368 e. The van der Waals surface area contributed by atoms with Gasteiger partial charge in [-0.15, -0.1) is 0 Å². The molecule has 1 amide bonds. The number of amides is 1. The van der Waals surface area contributed by atoms with E-state index in [0.717, 1.165) is 32.4 Å². The van der Waals surface area contributed by atoms with E-state index in [1.165, 1.54) is 5.56 Å². The van der Waals surface area contributed by atoms with Gasteiger partial charge in [-0.3, -0.25) is 9.69 Å². The van der Waals surface area contributed by atoms with Crippen molar-refractivity contribution < 1.29 is 4.79 Å². The lowest BCUT2D eigenvalue weighted by molar-refractivity contribution is -0.123. The van der Waals surface area contributed by atoms with Crippen LogP contribution in [0, 0.1) is 0 Å². The maximum atomic E-state index is 11.5. The van der Waals surface area contributed by atoms with Crippen molar-refractivity contribution >= 4 is 5.91 Å². The van der Waals surface area contributed by atoms with Gasteiger partial charge in [0.1, 0.15) is 0 Å². The van der Waals surface area contributed by atoms with Crippen molar-refractivity contribution in [3.05, 3.63) is 35.9 Å². The normalized spacial score (nSPS) is 12.6. The van der Waals surface area contributed by atoms with E-state index in [4.69, 9.17) is 5.73 Å². The van der Waals surface area contributed by atoms with Crippen LogP contribution in [0.4, 0.5) is 0 Å². The molecule has 2 N–H and O–H groups in total. The van der Waals surface area contributed by atoms with Crippen LogP contribution in [0.15, 0.2) is 30.3 Å². The Kier molecular flexibility index (Phi) is 6.44. The Balaban J connectivity index is 2.45. The minimum Gasteiger partial charge on any atom is -0.368 e. The van der Waals surface area contributed by atoms with Crippen molar-refractivity contribution in [1.29, 1.82) is 0 Å². The Bertz CT molecular complexity index is 347. The maximum Gasteiger partial charge on any atom is 0.234 e. The first kappa shape index (κ1) is 14.7. The van der Waals surface area contributed by atoms with Gasteiger partial charge in [0.25, 0.3) is 0 Å². The van der Waals surface area contributed by atoms with Crippen LogP contribution < -0.4 is 5.73 Å². The second-order valence-corrected chi connectivity index (χ2v) is 4.52. The van der Waals surface area contributed by atoms with Crippen molar-refractivity contribution in [3.8, 4) is 0 Å². The summed E-state index contributed by atoms with van der Waals surface area (Å²) in [6, 6.07) is 10.2. The second kappa shape index (κ2) is 7.88. The third-order valence-electron chi connectivity index (χ3n) is 3.37. The highest BCUT2D eigenvalue weighted by Crippen LogP contribution is 2.10. The number of hydrogen-bond donors (Lipinski definition) is 1. The van der Waals surface area contributed by atoms with Crippen LogP contribution in [0.25, 0.3) is 0 Å². The molecule has 0 saturated carbocycles. The van der Waals surface area contributed by atoms with Gasteiger partial charge in [-0.2, -0.15) is 0 Å². The van der Waals surface area contributed by atoms with Crippen LogP contribution >= 0.6 is 0 Å². The number of rotatable bonds is 8. The first-order valence-corrected chi connectivity index (χ1v) is 6.76. The van der Waals surface area contributed by atoms with E-state index in [2.05, 4.69) is 30.9 Å². The number of carbonyl (C=O) groups excluding carboxylic acids is 1. The lowest BCUT2D eigenvalue weighted by atomic mass is 10.0. The highest BCUT2D eigenvalue weighted by atomic mass is 16.1. The highest BCUT2D eigenvalue weighted by molar-refractivity contribution is 5.79. The minimum atomic E-state index is -0.202. The molecule has 1 rings (SSSR count). The summed E-state index contributed by atoms with van der Waals surface area (Å²) in [5.74, 6) is -0.202. The third kappa shape index (κ3) is 4.49. The Hall–Kier alpha value is -1.35. The second-order valence-electron chi connectivity index (χ2n) is 4.52. The van der Waals surface area contributed by atoms with Crippen molar-refractivity contribution in [2.75, 3.05) is 13.1 Å². The van der Waals surface area contributed by atoms with Crippen LogP contribution in [0.2, 0.25) is 0 Å². The first-order valence-electron chi connectivity index (χ1n) is 6.76. The first-order chi connectivity index (χ1) is 8.69. The fourth-order valence-electron chi connectivity index (χ4n) is 2.31. The Morgan fingerprint density at radius 3 is 2.33 bits per heavy atom. The van der Waals surface area contributed by atoms with E-state index in [1.54, 1.807) is 0 Å². The molecule has 0 spiro atoms. The van der Waals surface area contributed by atoms with Gasteiger partial charge in [0.2, 0.25) is 5.91 Å².